The Morgan fingerprint density at radius 2 is 1.96 bits per heavy atom. The van der Waals surface area contributed by atoms with Crippen LogP contribution >= 0.6 is 0 Å². The molecule has 5 nitrogen and oxygen atoms in total. The van der Waals surface area contributed by atoms with Crippen molar-refractivity contribution in [3.05, 3.63) is 35.5 Å². The van der Waals surface area contributed by atoms with E-state index in [0.29, 0.717) is 17.5 Å². The van der Waals surface area contributed by atoms with E-state index in [9.17, 15) is 4.79 Å². The van der Waals surface area contributed by atoms with Gasteiger partial charge in [-0.2, -0.15) is 0 Å². The SMILES string of the molecule is COC(=O)c1c(C)n(CC2CCC(NC3(C)COC3)CC2)c2ccccc12. The number of aromatic nitrogens is 1. The van der Waals surface area contributed by atoms with Crippen LogP contribution in [0.15, 0.2) is 24.3 Å². The molecule has 1 aromatic heterocycles. The first-order valence-corrected chi connectivity index (χ1v) is 10.0. The molecule has 2 fully saturated rings. The lowest BCUT2D eigenvalue weighted by atomic mass is 9.84. The lowest BCUT2D eigenvalue weighted by Gasteiger charge is -2.43. The van der Waals surface area contributed by atoms with Gasteiger partial charge in [0.15, 0.2) is 0 Å². The Morgan fingerprint density at radius 1 is 1.26 bits per heavy atom. The number of nitrogens with one attached hydrogen (secondary N) is 1. The minimum absolute atomic E-state index is 0.181. The third-order valence-electron chi connectivity index (χ3n) is 6.30. The maximum atomic E-state index is 12.3. The number of para-hydroxylation sites is 1. The van der Waals surface area contributed by atoms with Crippen LogP contribution in [0.3, 0.4) is 0 Å². The molecule has 1 saturated heterocycles. The molecule has 2 aliphatic rings. The fraction of sp³-hybridized carbons (Fsp3) is 0.591. The predicted molar refractivity (Wildman–Crippen MR) is 106 cm³/mol. The molecule has 2 aromatic rings. The molecule has 0 unspecified atom stereocenters. The molecule has 146 valence electrons. The zero-order valence-corrected chi connectivity index (χ0v) is 16.6. The van der Waals surface area contributed by atoms with Crippen LogP contribution in [0.25, 0.3) is 10.9 Å². The summed E-state index contributed by atoms with van der Waals surface area (Å²) < 4.78 is 12.7. The number of carbonyl (C=O) groups excluding carboxylic acids is 1. The Morgan fingerprint density at radius 3 is 2.59 bits per heavy atom. The lowest BCUT2D eigenvalue weighted by Crippen LogP contribution is -2.61. The lowest BCUT2D eigenvalue weighted by molar-refractivity contribution is -0.0717. The molecular weight excluding hydrogens is 340 g/mol. The molecule has 0 spiro atoms. The van der Waals surface area contributed by atoms with E-state index in [-0.39, 0.29) is 11.5 Å². The second kappa shape index (κ2) is 7.28. The van der Waals surface area contributed by atoms with Gasteiger partial charge in [0, 0.05) is 29.2 Å². The molecule has 2 heterocycles. The van der Waals surface area contributed by atoms with Gasteiger partial charge < -0.3 is 19.4 Å². The van der Waals surface area contributed by atoms with Crippen LogP contribution in [-0.4, -0.2) is 42.4 Å². The molecule has 5 heteroatoms. The number of nitrogens with zero attached hydrogens (tertiary/aromatic N) is 1. The van der Waals surface area contributed by atoms with Crippen LogP contribution in [0.5, 0.6) is 0 Å². The van der Waals surface area contributed by atoms with Gasteiger partial charge >= 0.3 is 5.97 Å². The number of rotatable bonds is 5. The van der Waals surface area contributed by atoms with Gasteiger partial charge in [-0.05, 0) is 51.5 Å². The highest BCUT2D eigenvalue weighted by atomic mass is 16.5. The normalized spacial score (nSPS) is 24.6. The highest BCUT2D eigenvalue weighted by Crippen LogP contribution is 2.32. The molecule has 27 heavy (non-hydrogen) atoms. The van der Waals surface area contributed by atoms with Gasteiger partial charge in [0.2, 0.25) is 0 Å². The van der Waals surface area contributed by atoms with E-state index in [2.05, 4.69) is 22.9 Å². The number of fused-ring (bicyclic) bond motifs is 1. The molecule has 1 aromatic carbocycles. The summed E-state index contributed by atoms with van der Waals surface area (Å²) in [6.45, 7) is 6.93. The van der Waals surface area contributed by atoms with Gasteiger partial charge in [-0.3, -0.25) is 0 Å². The largest absolute Gasteiger partial charge is 0.465 e. The molecule has 1 aliphatic carbocycles. The number of benzene rings is 1. The number of hydrogen-bond donors (Lipinski definition) is 1. The van der Waals surface area contributed by atoms with Crippen molar-refractivity contribution in [2.75, 3.05) is 20.3 Å². The summed E-state index contributed by atoms with van der Waals surface area (Å²) in [6, 6.07) is 8.76. The first-order chi connectivity index (χ1) is 13.0. The van der Waals surface area contributed by atoms with Crippen molar-refractivity contribution >= 4 is 16.9 Å². The summed E-state index contributed by atoms with van der Waals surface area (Å²) in [5.41, 5.74) is 3.04. The quantitative estimate of drug-likeness (QED) is 0.816. The smallest absolute Gasteiger partial charge is 0.340 e. The van der Waals surface area contributed by atoms with E-state index in [1.54, 1.807) is 0 Å². The van der Waals surface area contributed by atoms with Crippen molar-refractivity contribution in [1.29, 1.82) is 0 Å². The fourth-order valence-electron chi connectivity index (χ4n) is 4.76. The Labute approximate surface area is 161 Å². The maximum Gasteiger partial charge on any atom is 0.340 e. The number of carbonyl (C=O) groups is 1. The summed E-state index contributed by atoms with van der Waals surface area (Å²) in [6.07, 6.45) is 4.85. The maximum absolute atomic E-state index is 12.3. The topological polar surface area (TPSA) is 52.5 Å². The molecule has 0 atom stereocenters. The van der Waals surface area contributed by atoms with E-state index in [0.717, 1.165) is 36.4 Å². The van der Waals surface area contributed by atoms with Gasteiger partial charge in [0.1, 0.15) is 0 Å². The number of esters is 1. The van der Waals surface area contributed by atoms with Gasteiger partial charge in [-0.15, -0.1) is 0 Å². The van der Waals surface area contributed by atoms with E-state index in [1.165, 1.54) is 32.8 Å². The number of ether oxygens (including phenoxy) is 2. The Bertz CT molecular complexity index is 829. The summed E-state index contributed by atoms with van der Waals surface area (Å²) >= 11 is 0. The van der Waals surface area contributed by atoms with Gasteiger partial charge in [0.05, 0.1) is 31.4 Å². The molecular formula is C22H30N2O3. The first-order valence-electron chi connectivity index (χ1n) is 10.0. The fourth-order valence-corrected chi connectivity index (χ4v) is 4.76. The first kappa shape index (κ1) is 18.5. The second-order valence-electron chi connectivity index (χ2n) is 8.50. The van der Waals surface area contributed by atoms with E-state index in [1.807, 2.05) is 25.1 Å². The molecule has 1 N–H and O–H groups in total. The van der Waals surface area contributed by atoms with Crippen molar-refractivity contribution in [2.45, 2.75) is 57.7 Å². The van der Waals surface area contributed by atoms with Crippen LogP contribution < -0.4 is 5.32 Å². The average molecular weight is 370 g/mol. The minimum Gasteiger partial charge on any atom is -0.465 e. The van der Waals surface area contributed by atoms with Crippen molar-refractivity contribution in [3.63, 3.8) is 0 Å². The second-order valence-corrected chi connectivity index (χ2v) is 8.50. The summed E-state index contributed by atoms with van der Waals surface area (Å²) in [5.74, 6) is 0.403. The van der Waals surface area contributed by atoms with Crippen molar-refractivity contribution in [1.82, 2.24) is 9.88 Å². The van der Waals surface area contributed by atoms with E-state index < -0.39 is 0 Å². The van der Waals surface area contributed by atoms with Crippen LogP contribution in [-0.2, 0) is 16.0 Å². The average Bonchev–Trinajstić information content (AvgIpc) is 2.93. The molecule has 0 radical (unpaired) electrons. The van der Waals surface area contributed by atoms with Crippen LogP contribution in [0.4, 0.5) is 0 Å². The summed E-state index contributed by atoms with van der Waals surface area (Å²) in [5, 5.41) is 4.79. The third kappa shape index (κ3) is 3.50. The minimum atomic E-state index is -0.244. The molecule has 1 saturated carbocycles. The predicted octanol–water partition coefficient (Wildman–Crippen LogP) is 3.67. The van der Waals surface area contributed by atoms with Crippen molar-refractivity contribution in [2.24, 2.45) is 5.92 Å². The third-order valence-corrected chi connectivity index (χ3v) is 6.30. The zero-order valence-electron chi connectivity index (χ0n) is 16.6. The van der Waals surface area contributed by atoms with E-state index >= 15 is 0 Å². The zero-order chi connectivity index (χ0) is 19.0. The van der Waals surface area contributed by atoms with Crippen molar-refractivity contribution in [3.8, 4) is 0 Å². The Kier molecular flexibility index (Phi) is 4.99. The van der Waals surface area contributed by atoms with E-state index in [4.69, 9.17) is 9.47 Å². The number of hydrogen-bond acceptors (Lipinski definition) is 4. The highest BCUT2D eigenvalue weighted by Gasteiger charge is 2.36. The standard InChI is InChI=1S/C22H30N2O3/c1-15-20(21(25)26-3)18-6-4-5-7-19(18)24(15)12-16-8-10-17(11-9-16)23-22(2)13-27-14-22/h4-7,16-17,23H,8-14H2,1-3H3. The van der Waals surface area contributed by atoms with Gasteiger partial charge in [0.25, 0.3) is 0 Å². The summed E-state index contributed by atoms with van der Waals surface area (Å²) in [4.78, 5) is 12.3. The molecule has 0 bridgehead atoms. The molecule has 0 amide bonds. The van der Waals surface area contributed by atoms with Gasteiger partial charge in [-0.1, -0.05) is 18.2 Å². The summed E-state index contributed by atoms with van der Waals surface area (Å²) in [7, 11) is 1.45. The van der Waals surface area contributed by atoms with Crippen LogP contribution in [0.1, 0.15) is 48.7 Å². The Balaban J connectivity index is 1.48. The Hall–Kier alpha value is -1.85. The van der Waals surface area contributed by atoms with Crippen LogP contribution in [0, 0.1) is 12.8 Å². The molecule has 1 aliphatic heterocycles. The monoisotopic (exact) mass is 370 g/mol. The van der Waals surface area contributed by atoms with Crippen LogP contribution in [0.2, 0.25) is 0 Å². The highest BCUT2D eigenvalue weighted by molar-refractivity contribution is 6.05. The van der Waals surface area contributed by atoms with Gasteiger partial charge in [-0.25, -0.2) is 4.79 Å². The van der Waals surface area contributed by atoms with Crippen molar-refractivity contribution < 1.29 is 14.3 Å². The molecule has 4 rings (SSSR count). The number of methoxy groups -OCH3 is 1.